The number of carbonyl (C=O) groups excluding carboxylic acids is 2. The van der Waals surface area contributed by atoms with Gasteiger partial charge in [-0.25, -0.2) is 19.6 Å². The molecule has 0 spiro atoms. The van der Waals surface area contributed by atoms with Crippen LogP contribution in [0.25, 0.3) is 11.2 Å². The smallest absolute Gasteiger partial charge is 0.480 e. The molecular weight excluding hydrogens is 691 g/mol. The molecule has 3 aromatic rings. The zero-order valence-corrected chi connectivity index (χ0v) is 29.2. The minimum Gasteiger partial charge on any atom is -0.480 e. The van der Waals surface area contributed by atoms with Crippen molar-refractivity contribution in [2.24, 2.45) is 0 Å². The normalized spacial score (nSPS) is 12.9. The van der Waals surface area contributed by atoms with Crippen molar-refractivity contribution < 1.29 is 87.7 Å². The number of aliphatic carboxylic acids is 2. The van der Waals surface area contributed by atoms with Gasteiger partial charge in [-0.3, -0.25) is 18.7 Å². The summed E-state index contributed by atoms with van der Waals surface area (Å²) in [5.41, 5.74) is 13.2. The van der Waals surface area contributed by atoms with E-state index in [1.165, 1.54) is 18.3 Å². The number of fused-ring (bicyclic) bond motifs is 1. The third-order valence-corrected chi connectivity index (χ3v) is 10.4. The molecule has 12 N–H and O–H groups in total. The van der Waals surface area contributed by atoms with E-state index in [4.69, 9.17) is 11.5 Å². The van der Waals surface area contributed by atoms with Crippen molar-refractivity contribution in [1.29, 1.82) is 0 Å². The Bertz CT molecular complexity index is 1750. The summed E-state index contributed by atoms with van der Waals surface area (Å²) in [6.07, 6.45) is -1.03. The van der Waals surface area contributed by atoms with Crippen molar-refractivity contribution >= 4 is 67.6 Å². The molecule has 0 bridgehead atoms. The minimum absolute atomic E-state index is 0. The molecule has 254 valence electrons. The fraction of sp³-hybridized carbons (Fsp3) is 0.333. The Kier molecular flexibility index (Phi) is 13.9. The van der Waals surface area contributed by atoms with Crippen molar-refractivity contribution in [3.8, 4) is 0 Å². The zero-order chi connectivity index (χ0) is 35.3. The molecule has 24 heteroatoms. The number of nitrogen functional groups attached to an aromatic ring is 2. The Hall–Kier alpha value is -3.78. The van der Waals surface area contributed by atoms with Crippen LogP contribution < -0.4 is 56.6 Å². The van der Waals surface area contributed by atoms with E-state index in [0.717, 1.165) is 0 Å². The van der Waals surface area contributed by atoms with Crippen LogP contribution in [0.3, 0.4) is 0 Å². The summed E-state index contributed by atoms with van der Waals surface area (Å²) in [4.78, 5) is 104. The van der Waals surface area contributed by atoms with Crippen LogP contribution in [0, 0.1) is 0 Å². The average Bonchev–Trinajstić information content (AvgIpc) is 2.95. The predicted octanol–water partition coefficient (Wildman–Crippen LogP) is -4.17. The number of carboxylic acid groups (broad SMARTS) is 2. The Balaban J connectivity index is 0.00000800. The van der Waals surface area contributed by atoms with Crippen LogP contribution >= 0.6 is 15.2 Å². The van der Waals surface area contributed by atoms with E-state index in [1.807, 2.05) is 5.32 Å². The van der Waals surface area contributed by atoms with Gasteiger partial charge in [-0.2, -0.15) is 9.97 Å². The number of aromatic nitrogens is 4. The van der Waals surface area contributed by atoms with E-state index in [0.29, 0.717) is 11.4 Å². The van der Waals surface area contributed by atoms with Crippen molar-refractivity contribution in [2.75, 3.05) is 23.4 Å². The molecular formula is C24H31N9NaO12P2+. The molecule has 48 heavy (non-hydrogen) atoms. The molecule has 21 nitrogen and oxygen atoms in total. The van der Waals surface area contributed by atoms with Crippen molar-refractivity contribution in [3.05, 3.63) is 41.7 Å². The molecule has 0 aliphatic heterocycles. The molecule has 2 unspecified atom stereocenters. The maximum atomic E-state index is 12.8. The van der Waals surface area contributed by atoms with Crippen molar-refractivity contribution in [1.82, 2.24) is 30.6 Å². The van der Waals surface area contributed by atoms with Crippen molar-refractivity contribution in [2.45, 2.75) is 43.3 Å². The number of rotatable bonds is 15. The second-order valence-electron chi connectivity index (χ2n) is 10.2. The Morgan fingerprint density at radius 3 is 2.02 bits per heavy atom. The maximum Gasteiger partial charge on any atom is 1.00 e. The minimum atomic E-state index is -5.48. The van der Waals surface area contributed by atoms with Gasteiger partial charge in [0.15, 0.2) is 22.4 Å². The molecule has 2 heterocycles. The van der Waals surface area contributed by atoms with Gasteiger partial charge in [-0.15, -0.1) is 0 Å². The molecule has 1 aromatic carbocycles. The molecule has 3 rings (SSSR count). The van der Waals surface area contributed by atoms with Crippen LogP contribution in [-0.4, -0.2) is 98.0 Å². The number of amides is 2. The number of hydrogen-bond acceptors (Lipinski definition) is 13. The third kappa shape index (κ3) is 11.1. The second-order valence-corrected chi connectivity index (χ2v) is 14.2. The topological polar surface area (TPSA) is 355 Å². The Labute approximate surface area is 293 Å². The summed E-state index contributed by atoms with van der Waals surface area (Å²) in [7, 11) is -9.23. The van der Waals surface area contributed by atoms with E-state index in [9.17, 15) is 58.1 Å². The summed E-state index contributed by atoms with van der Waals surface area (Å²) in [6.45, 7) is 0.267. The number of nitrogens with two attached hydrogens (primary N) is 2. The van der Waals surface area contributed by atoms with Gasteiger partial charge in [-0.05, 0) is 30.7 Å². The van der Waals surface area contributed by atoms with Crippen LogP contribution in [0.4, 0.5) is 17.5 Å². The molecule has 0 aliphatic carbocycles. The molecule has 2 atom stereocenters. The first-order valence-electron chi connectivity index (χ1n) is 13.3. The van der Waals surface area contributed by atoms with Crippen LogP contribution in [0.1, 0.15) is 35.3 Å². The average molecular weight is 723 g/mol. The molecule has 0 saturated carbocycles. The summed E-state index contributed by atoms with van der Waals surface area (Å²) >= 11 is 0. The molecule has 2 aromatic heterocycles. The van der Waals surface area contributed by atoms with Gasteiger partial charge in [0.25, 0.3) is 5.91 Å². The van der Waals surface area contributed by atoms with E-state index in [-0.39, 0.29) is 64.6 Å². The van der Waals surface area contributed by atoms with E-state index in [2.05, 4.69) is 25.3 Å². The van der Waals surface area contributed by atoms with Crippen LogP contribution in [0.2, 0.25) is 0 Å². The van der Waals surface area contributed by atoms with E-state index < -0.39 is 75.7 Å². The van der Waals surface area contributed by atoms with Gasteiger partial charge in [0.1, 0.15) is 12.1 Å². The monoisotopic (exact) mass is 722 g/mol. The predicted molar refractivity (Wildman–Crippen MR) is 163 cm³/mol. The van der Waals surface area contributed by atoms with Crippen molar-refractivity contribution in [3.63, 3.8) is 0 Å². The first-order chi connectivity index (χ1) is 21.8. The van der Waals surface area contributed by atoms with Crippen LogP contribution in [0.5, 0.6) is 0 Å². The van der Waals surface area contributed by atoms with Gasteiger partial charge < -0.3 is 56.8 Å². The first kappa shape index (κ1) is 40.4. The van der Waals surface area contributed by atoms with E-state index in [1.54, 1.807) is 24.1 Å². The molecule has 0 aliphatic rings. The fourth-order valence-electron chi connectivity index (χ4n) is 4.20. The van der Waals surface area contributed by atoms with Gasteiger partial charge in [-0.1, -0.05) is 0 Å². The van der Waals surface area contributed by atoms with Gasteiger partial charge >= 0.3 is 56.7 Å². The largest absolute Gasteiger partial charge is 1.00 e. The first-order valence-corrected chi connectivity index (χ1v) is 16.6. The third-order valence-electron chi connectivity index (χ3n) is 6.59. The quantitative estimate of drug-likeness (QED) is 0.0525. The summed E-state index contributed by atoms with van der Waals surface area (Å²) in [6, 6.07) is 2.27. The standard InChI is InChI=1S/C24H31N9O12P2.Na/c1-33(10-12-9-27-20-18(28-12)19(25)31-24(26)32-20)13-4-2-11(3-5-13)21(35)30-14(22(36)37)6-7-16(34)29-15(23(38)39)8-17(46(40,41)42)47(43,44)45;/h2-5,9,14-15,17H,6-8,10H2,1H3,(H,29,34)(H,30,35)(H,36,37)(H,38,39)(H2,40,41,42)(H2,43,44,45)(H4,25,26,27,31,32);/q;+1. The molecule has 0 fully saturated rings. The number of carboxylic acids is 2. The van der Waals surface area contributed by atoms with Crippen LogP contribution in [-0.2, 0) is 30.1 Å². The number of carbonyl (C=O) groups is 4. The zero-order valence-electron chi connectivity index (χ0n) is 25.4. The summed E-state index contributed by atoms with van der Waals surface area (Å²) < 4.78 is 23.0. The number of nitrogens with one attached hydrogen (secondary N) is 2. The van der Waals surface area contributed by atoms with Gasteiger partial charge in [0.05, 0.1) is 18.4 Å². The molecule has 0 radical (unpaired) electrons. The number of hydrogen-bond donors (Lipinski definition) is 10. The maximum absolute atomic E-state index is 12.8. The van der Waals surface area contributed by atoms with Gasteiger partial charge in [0.2, 0.25) is 11.9 Å². The van der Waals surface area contributed by atoms with E-state index >= 15 is 0 Å². The Morgan fingerprint density at radius 1 is 0.896 bits per heavy atom. The Morgan fingerprint density at radius 2 is 1.48 bits per heavy atom. The van der Waals surface area contributed by atoms with Gasteiger partial charge in [0, 0.05) is 31.1 Å². The molecule has 0 saturated heterocycles. The second kappa shape index (κ2) is 16.6. The summed E-state index contributed by atoms with van der Waals surface area (Å²) in [5.74, 6) is -5.27. The number of nitrogens with zero attached hydrogens (tertiary/aromatic N) is 5. The van der Waals surface area contributed by atoms with Crippen LogP contribution in [0.15, 0.2) is 30.5 Å². The fourth-order valence-corrected chi connectivity index (χ4v) is 6.74. The number of anilines is 3. The number of benzene rings is 1. The SMILES string of the molecule is CN(Cc1cnc2nc(N)nc(N)c2n1)c1ccc(C(=O)NC(CCC(=O)NC(CC(P(=O)(O)O)P(=O)(O)O)C(=O)O)C(=O)O)cc1.[Na+]. The molecule has 2 amide bonds. The summed E-state index contributed by atoms with van der Waals surface area (Å²) in [5, 5.41) is 20.3.